The van der Waals surface area contributed by atoms with Crippen LogP contribution in [0.2, 0.25) is 0 Å². The minimum Gasteiger partial charge on any atom is -0.341 e. The van der Waals surface area contributed by atoms with Crippen molar-refractivity contribution < 1.29 is 4.79 Å². The lowest BCUT2D eigenvalue weighted by molar-refractivity contribution is -0.130. The van der Waals surface area contributed by atoms with Crippen molar-refractivity contribution in [3.63, 3.8) is 0 Å². The molecule has 1 atom stereocenters. The molecule has 1 amide bonds. The number of rotatable bonds is 1. The van der Waals surface area contributed by atoms with Crippen LogP contribution in [-0.2, 0) is 4.79 Å². The fourth-order valence-electron chi connectivity index (χ4n) is 1.66. The van der Waals surface area contributed by atoms with Crippen molar-refractivity contribution in [2.75, 3.05) is 27.2 Å². The maximum absolute atomic E-state index is 11.1. The van der Waals surface area contributed by atoms with Crippen LogP contribution in [0.3, 0.4) is 0 Å². The first-order valence-corrected chi connectivity index (χ1v) is 4.53. The van der Waals surface area contributed by atoms with Gasteiger partial charge < -0.3 is 9.80 Å². The van der Waals surface area contributed by atoms with Gasteiger partial charge in [-0.05, 0) is 26.9 Å². The Kier molecular flexibility index (Phi) is 3.09. The molecule has 0 radical (unpaired) electrons. The Morgan fingerprint density at radius 2 is 2.17 bits per heavy atom. The van der Waals surface area contributed by atoms with Crippen molar-refractivity contribution in [3.8, 4) is 0 Å². The van der Waals surface area contributed by atoms with Gasteiger partial charge in [0.05, 0.1) is 0 Å². The van der Waals surface area contributed by atoms with Crippen molar-refractivity contribution in [1.82, 2.24) is 9.80 Å². The summed E-state index contributed by atoms with van der Waals surface area (Å²) in [6.07, 6.45) is 2.36. The molecule has 1 heterocycles. The number of hydrogen-bond acceptors (Lipinski definition) is 2. The van der Waals surface area contributed by atoms with E-state index >= 15 is 0 Å². The number of piperidine rings is 1. The highest BCUT2D eigenvalue weighted by molar-refractivity contribution is 5.73. The number of hydrogen-bond donors (Lipinski definition) is 0. The predicted octanol–water partition coefficient (Wildman–Crippen LogP) is 0.559. The third-order valence-electron chi connectivity index (χ3n) is 2.57. The minimum absolute atomic E-state index is 0.210. The number of nitrogens with zero attached hydrogens (tertiary/aromatic N) is 2. The van der Waals surface area contributed by atoms with Crippen LogP contribution in [0.25, 0.3) is 0 Å². The van der Waals surface area contributed by atoms with Crippen LogP contribution >= 0.6 is 0 Å². The number of carbonyl (C=O) groups excluding carboxylic acids is 1. The molecule has 3 nitrogen and oxygen atoms in total. The molecule has 0 aromatic rings. The second-order valence-electron chi connectivity index (χ2n) is 3.72. The molecule has 0 aromatic heterocycles. The van der Waals surface area contributed by atoms with Crippen LogP contribution in [0, 0.1) is 0 Å². The normalized spacial score (nSPS) is 24.7. The SMILES string of the molecule is CC(=O)N1CCCC(N(C)C)C1. The number of carbonyl (C=O) groups is 1. The molecule has 0 spiro atoms. The van der Waals surface area contributed by atoms with Crippen molar-refractivity contribution in [2.45, 2.75) is 25.8 Å². The van der Waals surface area contributed by atoms with E-state index in [1.54, 1.807) is 6.92 Å². The molecule has 0 N–H and O–H groups in total. The van der Waals surface area contributed by atoms with Crippen LogP contribution in [-0.4, -0.2) is 48.9 Å². The lowest BCUT2D eigenvalue weighted by Gasteiger charge is -2.35. The van der Waals surface area contributed by atoms with Gasteiger partial charge in [-0.25, -0.2) is 0 Å². The number of amides is 1. The Bertz CT molecular complexity index is 168. The fourth-order valence-corrected chi connectivity index (χ4v) is 1.66. The first-order valence-electron chi connectivity index (χ1n) is 4.53. The van der Waals surface area contributed by atoms with Gasteiger partial charge in [-0.3, -0.25) is 4.79 Å². The lowest BCUT2D eigenvalue weighted by Crippen LogP contribution is -2.46. The second kappa shape index (κ2) is 3.90. The largest absolute Gasteiger partial charge is 0.341 e. The smallest absolute Gasteiger partial charge is 0.219 e. The molecule has 12 heavy (non-hydrogen) atoms. The first kappa shape index (κ1) is 9.52. The van der Waals surface area contributed by atoms with Crippen molar-refractivity contribution in [1.29, 1.82) is 0 Å². The second-order valence-corrected chi connectivity index (χ2v) is 3.72. The van der Waals surface area contributed by atoms with E-state index in [9.17, 15) is 4.79 Å². The van der Waals surface area contributed by atoms with E-state index in [2.05, 4.69) is 19.0 Å². The zero-order valence-corrected chi connectivity index (χ0v) is 8.21. The van der Waals surface area contributed by atoms with Gasteiger partial charge in [0.1, 0.15) is 0 Å². The molecule has 0 aliphatic carbocycles. The van der Waals surface area contributed by atoms with E-state index in [-0.39, 0.29) is 5.91 Å². The van der Waals surface area contributed by atoms with E-state index in [0.717, 1.165) is 19.5 Å². The Labute approximate surface area is 74.3 Å². The maximum Gasteiger partial charge on any atom is 0.219 e. The molecular formula is C9H18N2O. The summed E-state index contributed by atoms with van der Waals surface area (Å²) in [5.74, 6) is 0.210. The number of likely N-dealkylation sites (tertiary alicyclic amines) is 1. The number of likely N-dealkylation sites (N-methyl/N-ethyl adjacent to an activating group) is 1. The average Bonchev–Trinajstić information content (AvgIpc) is 2.04. The van der Waals surface area contributed by atoms with Crippen molar-refractivity contribution in [2.24, 2.45) is 0 Å². The van der Waals surface area contributed by atoms with Crippen LogP contribution in [0.4, 0.5) is 0 Å². The molecule has 1 rings (SSSR count). The first-order chi connectivity index (χ1) is 5.61. The van der Waals surface area contributed by atoms with Crippen LogP contribution < -0.4 is 0 Å². The Balaban J connectivity index is 2.46. The fraction of sp³-hybridized carbons (Fsp3) is 0.889. The summed E-state index contributed by atoms with van der Waals surface area (Å²) in [5, 5.41) is 0. The highest BCUT2D eigenvalue weighted by atomic mass is 16.2. The summed E-state index contributed by atoms with van der Waals surface area (Å²) in [7, 11) is 4.16. The summed E-state index contributed by atoms with van der Waals surface area (Å²) in [5.41, 5.74) is 0. The van der Waals surface area contributed by atoms with Gasteiger partial charge in [0.25, 0.3) is 0 Å². The van der Waals surface area contributed by atoms with Crippen LogP contribution in [0.15, 0.2) is 0 Å². The average molecular weight is 170 g/mol. The molecular weight excluding hydrogens is 152 g/mol. The molecule has 0 bridgehead atoms. The summed E-state index contributed by atoms with van der Waals surface area (Å²) in [6.45, 7) is 3.50. The monoisotopic (exact) mass is 170 g/mol. The lowest BCUT2D eigenvalue weighted by atomic mass is 10.1. The molecule has 0 aromatic carbocycles. The standard InChI is InChI=1S/C9H18N2O/c1-8(12)11-6-4-5-9(7-11)10(2)3/h9H,4-7H2,1-3H3. The maximum atomic E-state index is 11.1. The zero-order chi connectivity index (χ0) is 9.14. The van der Waals surface area contributed by atoms with Crippen LogP contribution in [0.5, 0.6) is 0 Å². The predicted molar refractivity (Wildman–Crippen MR) is 49.0 cm³/mol. The third-order valence-corrected chi connectivity index (χ3v) is 2.57. The molecule has 1 saturated heterocycles. The Morgan fingerprint density at radius 1 is 1.50 bits per heavy atom. The molecule has 1 aliphatic heterocycles. The van der Waals surface area contributed by atoms with Gasteiger partial charge in [-0.1, -0.05) is 0 Å². The van der Waals surface area contributed by atoms with Crippen LogP contribution in [0.1, 0.15) is 19.8 Å². The van der Waals surface area contributed by atoms with Gasteiger partial charge in [-0.2, -0.15) is 0 Å². The molecule has 1 aliphatic rings. The Hall–Kier alpha value is -0.570. The molecule has 0 saturated carbocycles. The molecule has 3 heteroatoms. The molecule has 1 unspecified atom stereocenters. The van der Waals surface area contributed by atoms with Crippen molar-refractivity contribution >= 4 is 5.91 Å². The van der Waals surface area contributed by atoms with Gasteiger partial charge in [-0.15, -0.1) is 0 Å². The zero-order valence-electron chi connectivity index (χ0n) is 8.21. The van der Waals surface area contributed by atoms with Gasteiger partial charge in [0.2, 0.25) is 5.91 Å². The van der Waals surface area contributed by atoms with E-state index in [1.807, 2.05) is 4.90 Å². The summed E-state index contributed by atoms with van der Waals surface area (Å²) < 4.78 is 0. The minimum atomic E-state index is 0.210. The highest BCUT2D eigenvalue weighted by Crippen LogP contribution is 2.13. The topological polar surface area (TPSA) is 23.6 Å². The molecule has 70 valence electrons. The van der Waals surface area contributed by atoms with E-state index in [0.29, 0.717) is 6.04 Å². The van der Waals surface area contributed by atoms with Gasteiger partial charge in [0, 0.05) is 26.1 Å². The summed E-state index contributed by atoms with van der Waals surface area (Å²) >= 11 is 0. The van der Waals surface area contributed by atoms with E-state index in [4.69, 9.17) is 0 Å². The molecule has 1 fully saturated rings. The quantitative estimate of drug-likeness (QED) is 0.574. The Morgan fingerprint density at radius 3 is 2.67 bits per heavy atom. The highest BCUT2D eigenvalue weighted by Gasteiger charge is 2.22. The van der Waals surface area contributed by atoms with Gasteiger partial charge in [0.15, 0.2) is 0 Å². The third kappa shape index (κ3) is 2.21. The van der Waals surface area contributed by atoms with Gasteiger partial charge >= 0.3 is 0 Å². The van der Waals surface area contributed by atoms with Crippen molar-refractivity contribution in [3.05, 3.63) is 0 Å². The van der Waals surface area contributed by atoms with E-state index in [1.165, 1.54) is 6.42 Å². The van der Waals surface area contributed by atoms with E-state index < -0.39 is 0 Å². The summed E-state index contributed by atoms with van der Waals surface area (Å²) in [6, 6.07) is 0.558. The summed E-state index contributed by atoms with van der Waals surface area (Å²) in [4.78, 5) is 15.2.